The fourth-order valence-corrected chi connectivity index (χ4v) is 2.38. The molecule has 0 bridgehead atoms. The molecule has 0 aromatic carbocycles. The Balaban J connectivity index is 2.89. The van der Waals surface area contributed by atoms with E-state index in [1.807, 2.05) is 0 Å². The fourth-order valence-electron chi connectivity index (χ4n) is 1.37. The van der Waals surface area contributed by atoms with E-state index in [1.165, 1.54) is 4.68 Å². The Morgan fingerprint density at radius 3 is 2.63 bits per heavy atom. The molecule has 1 rings (SSSR count). The van der Waals surface area contributed by atoms with Crippen LogP contribution in [-0.4, -0.2) is 47.5 Å². The molecule has 0 unspecified atom stereocenters. The summed E-state index contributed by atoms with van der Waals surface area (Å²) in [6.07, 6.45) is 0. The van der Waals surface area contributed by atoms with Crippen LogP contribution in [0.5, 0.6) is 0 Å². The lowest BCUT2D eigenvalue weighted by Gasteiger charge is -2.05. The molecular formula is C10H16ClN3O4S. The molecule has 0 fully saturated rings. The summed E-state index contributed by atoms with van der Waals surface area (Å²) >= 11 is 5.75. The maximum Gasteiger partial charge on any atom is 0.360 e. The van der Waals surface area contributed by atoms with E-state index in [2.05, 4.69) is 10.3 Å². The number of aromatic nitrogens is 3. The van der Waals surface area contributed by atoms with Crippen molar-refractivity contribution < 1.29 is 17.9 Å². The van der Waals surface area contributed by atoms with Crippen LogP contribution in [0.15, 0.2) is 0 Å². The molecule has 7 nitrogen and oxygen atoms in total. The van der Waals surface area contributed by atoms with Gasteiger partial charge in [-0.15, -0.1) is 16.7 Å². The average molecular weight is 310 g/mol. The normalized spacial score (nSPS) is 11.5. The summed E-state index contributed by atoms with van der Waals surface area (Å²) in [5.74, 6) is -0.614. The van der Waals surface area contributed by atoms with Gasteiger partial charge in [-0.2, -0.15) is 0 Å². The molecule has 0 saturated heterocycles. The number of carbonyl (C=O) groups excluding carboxylic acids is 1. The van der Waals surface area contributed by atoms with Crippen LogP contribution in [0.1, 0.15) is 30.0 Å². The number of esters is 1. The SMILES string of the molecule is CCOC(=O)c1nnn(CCS(=O)(=O)CC)c1CCl. The van der Waals surface area contributed by atoms with Crippen LogP contribution >= 0.6 is 11.6 Å². The van der Waals surface area contributed by atoms with Gasteiger partial charge in [0.15, 0.2) is 15.5 Å². The molecule has 0 atom stereocenters. The van der Waals surface area contributed by atoms with Crippen molar-refractivity contribution in [2.24, 2.45) is 0 Å². The van der Waals surface area contributed by atoms with E-state index in [1.54, 1.807) is 13.8 Å². The van der Waals surface area contributed by atoms with Gasteiger partial charge in [0, 0.05) is 5.75 Å². The quantitative estimate of drug-likeness (QED) is 0.542. The minimum Gasteiger partial charge on any atom is -0.461 e. The molecule has 108 valence electrons. The van der Waals surface area contributed by atoms with Crippen molar-refractivity contribution in [1.82, 2.24) is 15.0 Å². The highest BCUT2D eigenvalue weighted by molar-refractivity contribution is 7.91. The molecule has 0 spiro atoms. The van der Waals surface area contributed by atoms with Gasteiger partial charge < -0.3 is 4.74 Å². The van der Waals surface area contributed by atoms with Crippen LogP contribution in [0.2, 0.25) is 0 Å². The summed E-state index contributed by atoms with van der Waals surface area (Å²) in [5, 5.41) is 7.44. The van der Waals surface area contributed by atoms with Crippen LogP contribution in [0.3, 0.4) is 0 Å². The summed E-state index contributed by atoms with van der Waals surface area (Å²) in [6.45, 7) is 3.59. The molecule has 0 saturated carbocycles. The third kappa shape index (κ3) is 4.17. The number of hydrogen-bond acceptors (Lipinski definition) is 6. The molecule has 0 amide bonds. The number of halogens is 1. The van der Waals surface area contributed by atoms with E-state index in [9.17, 15) is 13.2 Å². The fraction of sp³-hybridized carbons (Fsp3) is 0.700. The zero-order chi connectivity index (χ0) is 14.5. The lowest BCUT2D eigenvalue weighted by atomic mass is 10.3. The largest absolute Gasteiger partial charge is 0.461 e. The number of sulfone groups is 1. The van der Waals surface area contributed by atoms with Crippen molar-refractivity contribution in [2.75, 3.05) is 18.1 Å². The second-order valence-electron chi connectivity index (χ2n) is 3.70. The lowest BCUT2D eigenvalue weighted by Crippen LogP contribution is -2.17. The van der Waals surface area contributed by atoms with E-state index in [0.29, 0.717) is 5.69 Å². The Labute approximate surface area is 116 Å². The van der Waals surface area contributed by atoms with Crippen LogP contribution in [0.25, 0.3) is 0 Å². The molecule has 19 heavy (non-hydrogen) atoms. The highest BCUT2D eigenvalue weighted by atomic mass is 35.5. The lowest BCUT2D eigenvalue weighted by molar-refractivity contribution is 0.0518. The monoisotopic (exact) mass is 309 g/mol. The molecule has 0 aliphatic carbocycles. The number of aryl methyl sites for hydroxylation is 1. The van der Waals surface area contributed by atoms with Crippen LogP contribution in [0, 0.1) is 0 Å². The summed E-state index contributed by atoms with van der Waals surface area (Å²) in [4.78, 5) is 11.6. The number of alkyl halides is 1. The van der Waals surface area contributed by atoms with E-state index < -0.39 is 15.8 Å². The minimum atomic E-state index is -3.11. The van der Waals surface area contributed by atoms with Gasteiger partial charge in [0.2, 0.25) is 0 Å². The molecular weight excluding hydrogens is 294 g/mol. The minimum absolute atomic E-state index is 0.00726. The molecule has 0 aliphatic rings. The second-order valence-corrected chi connectivity index (χ2v) is 6.44. The molecule has 0 N–H and O–H groups in total. The predicted octanol–water partition coefficient (Wildman–Crippen LogP) is 0.628. The first kappa shape index (κ1) is 15.9. The number of nitrogens with zero attached hydrogens (tertiary/aromatic N) is 3. The molecule has 1 aromatic rings. The van der Waals surface area contributed by atoms with E-state index in [0.717, 1.165) is 0 Å². The number of carbonyl (C=O) groups is 1. The van der Waals surface area contributed by atoms with Crippen LogP contribution in [-0.2, 0) is 27.0 Å². The second kappa shape index (κ2) is 6.85. The smallest absolute Gasteiger partial charge is 0.360 e. The first-order valence-corrected chi connectivity index (χ1v) is 8.16. The van der Waals surface area contributed by atoms with Crippen molar-refractivity contribution >= 4 is 27.4 Å². The van der Waals surface area contributed by atoms with Crippen molar-refractivity contribution in [3.05, 3.63) is 11.4 Å². The Morgan fingerprint density at radius 1 is 1.42 bits per heavy atom. The Bertz CT molecular complexity index is 541. The van der Waals surface area contributed by atoms with Gasteiger partial charge in [-0.05, 0) is 6.92 Å². The zero-order valence-electron chi connectivity index (χ0n) is 10.8. The highest BCUT2D eigenvalue weighted by Crippen LogP contribution is 2.11. The molecule has 9 heteroatoms. The van der Waals surface area contributed by atoms with Crippen molar-refractivity contribution in [2.45, 2.75) is 26.3 Å². The van der Waals surface area contributed by atoms with Crippen LogP contribution in [0.4, 0.5) is 0 Å². The van der Waals surface area contributed by atoms with E-state index in [4.69, 9.17) is 16.3 Å². The summed E-state index contributed by atoms with van der Waals surface area (Å²) in [6, 6.07) is 0. The Morgan fingerprint density at radius 2 is 2.11 bits per heavy atom. The third-order valence-electron chi connectivity index (χ3n) is 2.49. The van der Waals surface area contributed by atoms with Gasteiger partial charge in [-0.1, -0.05) is 12.1 Å². The average Bonchev–Trinajstić information content (AvgIpc) is 2.79. The Hall–Kier alpha value is -1.15. The van der Waals surface area contributed by atoms with Crippen molar-refractivity contribution in [1.29, 1.82) is 0 Å². The molecule has 1 aromatic heterocycles. The molecule has 0 aliphatic heterocycles. The first-order chi connectivity index (χ1) is 8.95. The first-order valence-electron chi connectivity index (χ1n) is 5.81. The summed E-state index contributed by atoms with van der Waals surface area (Å²) in [5.41, 5.74) is 0.400. The predicted molar refractivity (Wildman–Crippen MR) is 69.9 cm³/mol. The molecule has 0 radical (unpaired) electrons. The van der Waals surface area contributed by atoms with E-state index >= 15 is 0 Å². The maximum absolute atomic E-state index is 11.6. The number of ether oxygens (including phenoxy) is 1. The van der Waals surface area contributed by atoms with E-state index in [-0.39, 0.29) is 36.2 Å². The number of hydrogen-bond donors (Lipinski definition) is 0. The number of rotatable bonds is 7. The third-order valence-corrected chi connectivity index (χ3v) is 4.42. The van der Waals surface area contributed by atoms with Crippen molar-refractivity contribution in [3.8, 4) is 0 Å². The molecule has 1 heterocycles. The standard InChI is InChI=1S/C10H16ClN3O4S/c1-3-18-10(15)9-8(7-11)14(13-12-9)5-6-19(16,17)4-2/h3-7H2,1-2H3. The van der Waals surface area contributed by atoms with Crippen molar-refractivity contribution in [3.63, 3.8) is 0 Å². The maximum atomic E-state index is 11.6. The van der Waals surface area contributed by atoms with Gasteiger partial charge >= 0.3 is 5.97 Å². The van der Waals surface area contributed by atoms with Gasteiger partial charge in [-0.3, -0.25) is 0 Å². The van der Waals surface area contributed by atoms with Crippen LogP contribution < -0.4 is 0 Å². The van der Waals surface area contributed by atoms with Gasteiger partial charge in [0.1, 0.15) is 0 Å². The topological polar surface area (TPSA) is 91.2 Å². The van der Waals surface area contributed by atoms with Gasteiger partial charge in [0.25, 0.3) is 0 Å². The summed E-state index contributed by atoms with van der Waals surface area (Å²) < 4.78 is 29.0. The summed E-state index contributed by atoms with van der Waals surface area (Å²) in [7, 11) is -3.11. The Kier molecular flexibility index (Phi) is 5.74. The van der Waals surface area contributed by atoms with Gasteiger partial charge in [-0.25, -0.2) is 17.9 Å². The van der Waals surface area contributed by atoms with Gasteiger partial charge in [0.05, 0.1) is 30.5 Å². The zero-order valence-corrected chi connectivity index (χ0v) is 12.4. The highest BCUT2D eigenvalue weighted by Gasteiger charge is 2.20.